The van der Waals surface area contributed by atoms with Gasteiger partial charge in [-0.15, -0.1) is 0 Å². The Bertz CT molecular complexity index is 917. The Morgan fingerprint density at radius 1 is 0.960 bits per heavy atom. The monoisotopic (exact) mass is 354 g/mol. The van der Waals surface area contributed by atoms with Gasteiger partial charge in [0.25, 0.3) is 11.8 Å². The van der Waals surface area contributed by atoms with Crippen LogP contribution in [0.4, 0.5) is 10.5 Å². The van der Waals surface area contributed by atoms with Gasteiger partial charge < -0.3 is 0 Å². The first-order valence-corrected chi connectivity index (χ1v) is 7.99. The number of nitrogens with one attached hydrogen (secondary N) is 1. The molecule has 0 aliphatic carbocycles. The molecule has 1 N–H and O–H groups in total. The molecule has 2 aromatic rings. The van der Waals surface area contributed by atoms with E-state index in [1.165, 1.54) is 6.08 Å². The van der Waals surface area contributed by atoms with Crippen LogP contribution in [0.1, 0.15) is 16.7 Å². The lowest BCUT2D eigenvalue weighted by atomic mass is 10.1. The molecule has 0 saturated carbocycles. The van der Waals surface area contributed by atoms with Crippen molar-refractivity contribution < 1.29 is 14.4 Å². The quantitative estimate of drug-likeness (QED) is 0.661. The van der Waals surface area contributed by atoms with E-state index in [9.17, 15) is 14.4 Å². The third kappa shape index (κ3) is 3.32. The topological polar surface area (TPSA) is 66.5 Å². The van der Waals surface area contributed by atoms with Gasteiger partial charge in [0, 0.05) is 5.02 Å². The van der Waals surface area contributed by atoms with Gasteiger partial charge in [-0.3, -0.25) is 14.9 Å². The van der Waals surface area contributed by atoms with Gasteiger partial charge in [0.2, 0.25) is 0 Å². The van der Waals surface area contributed by atoms with E-state index in [-0.39, 0.29) is 5.57 Å². The number of hydrogen-bond acceptors (Lipinski definition) is 3. The Morgan fingerprint density at radius 3 is 2.28 bits per heavy atom. The first kappa shape index (κ1) is 16.9. The minimum atomic E-state index is -0.758. The van der Waals surface area contributed by atoms with Crippen molar-refractivity contribution in [2.24, 2.45) is 0 Å². The van der Waals surface area contributed by atoms with E-state index in [1.54, 1.807) is 36.4 Å². The van der Waals surface area contributed by atoms with Crippen LogP contribution in [-0.4, -0.2) is 17.8 Å². The first-order valence-electron chi connectivity index (χ1n) is 7.61. The molecule has 25 heavy (non-hydrogen) atoms. The number of aryl methyl sites for hydroxylation is 2. The second-order valence-electron chi connectivity index (χ2n) is 5.78. The van der Waals surface area contributed by atoms with Crippen molar-refractivity contribution in [3.8, 4) is 0 Å². The fourth-order valence-corrected chi connectivity index (χ4v) is 2.61. The van der Waals surface area contributed by atoms with Crippen molar-refractivity contribution in [1.29, 1.82) is 0 Å². The molecular formula is C19H15ClN2O3. The Morgan fingerprint density at radius 2 is 1.64 bits per heavy atom. The van der Waals surface area contributed by atoms with Crippen molar-refractivity contribution in [2.45, 2.75) is 13.8 Å². The number of nitrogens with zero attached hydrogens (tertiary/aromatic N) is 1. The van der Waals surface area contributed by atoms with E-state index >= 15 is 0 Å². The molecule has 0 spiro atoms. The summed E-state index contributed by atoms with van der Waals surface area (Å²) in [6, 6.07) is 11.2. The predicted octanol–water partition coefficient (Wildman–Crippen LogP) is 3.62. The normalized spacial score (nSPS) is 16.4. The predicted molar refractivity (Wildman–Crippen MR) is 96.4 cm³/mol. The molecule has 1 fully saturated rings. The fraction of sp³-hybridized carbons (Fsp3) is 0.105. The molecule has 126 valence electrons. The zero-order valence-corrected chi connectivity index (χ0v) is 14.4. The molecule has 1 aliphatic heterocycles. The molecule has 4 amide bonds. The lowest BCUT2D eigenvalue weighted by Crippen LogP contribution is -2.54. The highest BCUT2D eigenvalue weighted by Gasteiger charge is 2.36. The Balaban J connectivity index is 2.02. The van der Waals surface area contributed by atoms with Gasteiger partial charge in [-0.25, -0.2) is 9.69 Å². The lowest BCUT2D eigenvalue weighted by molar-refractivity contribution is -0.122. The Hall–Kier alpha value is -2.92. The summed E-state index contributed by atoms with van der Waals surface area (Å²) in [7, 11) is 0. The SMILES string of the molecule is Cc1ccc(N2C(=O)NC(=O)C(=Cc3ccc(Cl)cc3)C2=O)cc1C. The molecule has 5 nitrogen and oxygen atoms in total. The maximum absolute atomic E-state index is 12.8. The number of carbonyl (C=O) groups is 3. The van der Waals surface area contributed by atoms with E-state index in [1.807, 2.05) is 19.9 Å². The molecule has 0 radical (unpaired) electrons. The van der Waals surface area contributed by atoms with Crippen LogP contribution < -0.4 is 10.2 Å². The molecule has 1 heterocycles. The second-order valence-corrected chi connectivity index (χ2v) is 6.21. The molecular weight excluding hydrogens is 340 g/mol. The van der Waals surface area contributed by atoms with Crippen LogP contribution in [0.3, 0.4) is 0 Å². The highest BCUT2D eigenvalue weighted by molar-refractivity contribution is 6.39. The number of rotatable bonds is 2. The fourth-order valence-electron chi connectivity index (χ4n) is 2.48. The number of urea groups is 1. The van der Waals surface area contributed by atoms with Crippen molar-refractivity contribution in [3.05, 3.63) is 69.8 Å². The third-order valence-corrected chi connectivity index (χ3v) is 4.28. The zero-order chi connectivity index (χ0) is 18.1. The van der Waals surface area contributed by atoms with Gasteiger partial charge in [0.05, 0.1) is 5.69 Å². The van der Waals surface area contributed by atoms with E-state index in [0.717, 1.165) is 16.0 Å². The molecule has 1 aliphatic rings. The average Bonchev–Trinajstić information content (AvgIpc) is 2.56. The maximum atomic E-state index is 12.8. The number of hydrogen-bond donors (Lipinski definition) is 1. The average molecular weight is 355 g/mol. The summed E-state index contributed by atoms with van der Waals surface area (Å²) in [5.41, 5.74) is 2.93. The van der Waals surface area contributed by atoms with Crippen molar-refractivity contribution in [2.75, 3.05) is 4.90 Å². The van der Waals surface area contributed by atoms with Gasteiger partial charge >= 0.3 is 6.03 Å². The number of benzene rings is 2. The van der Waals surface area contributed by atoms with Crippen LogP contribution in [0, 0.1) is 13.8 Å². The summed E-state index contributed by atoms with van der Waals surface area (Å²) < 4.78 is 0. The molecule has 3 rings (SSSR count). The maximum Gasteiger partial charge on any atom is 0.335 e. The summed E-state index contributed by atoms with van der Waals surface area (Å²) >= 11 is 5.84. The third-order valence-electron chi connectivity index (χ3n) is 4.03. The van der Waals surface area contributed by atoms with Crippen molar-refractivity contribution in [1.82, 2.24) is 5.32 Å². The van der Waals surface area contributed by atoms with Gasteiger partial charge in [-0.05, 0) is 60.9 Å². The number of anilines is 1. The molecule has 1 saturated heterocycles. The smallest absolute Gasteiger partial charge is 0.273 e. The first-order chi connectivity index (χ1) is 11.9. The lowest BCUT2D eigenvalue weighted by Gasteiger charge is -2.26. The highest BCUT2D eigenvalue weighted by atomic mass is 35.5. The number of halogens is 1. The van der Waals surface area contributed by atoms with Crippen LogP contribution in [0.5, 0.6) is 0 Å². The summed E-state index contributed by atoms with van der Waals surface area (Å²) in [4.78, 5) is 38.0. The molecule has 0 unspecified atom stereocenters. The van der Waals surface area contributed by atoms with E-state index in [2.05, 4.69) is 5.32 Å². The number of imide groups is 2. The highest BCUT2D eigenvalue weighted by Crippen LogP contribution is 2.24. The molecule has 0 aromatic heterocycles. The number of carbonyl (C=O) groups excluding carboxylic acids is 3. The summed E-state index contributed by atoms with van der Waals surface area (Å²) in [5, 5.41) is 2.76. The van der Waals surface area contributed by atoms with Crippen LogP contribution >= 0.6 is 11.6 Å². The van der Waals surface area contributed by atoms with E-state index in [0.29, 0.717) is 16.3 Å². The number of amides is 4. The minimum Gasteiger partial charge on any atom is -0.273 e. The molecule has 6 heteroatoms. The summed E-state index contributed by atoms with van der Waals surface area (Å²) in [6.07, 6.45) is 1.44. The van der Waals surface area contributed by atoms with Gasteiger partial charge in [0.15, 0.2) is 0 Å². The molecule has 2 aromatic carbocycles. The minimum absolute atomic E-state index is 0.111. The summed E-state index contributed by atoms with van der Waals surface area (Å²) in [6.45, 7) is 3.83. The standard InChI is InChI=1S/C19H15ClN2O3/c1-11-3-8-15(9-12(11)2)22-18(24)16(17(23)21-19(22)25)10-13-4-6-14(20)7-5-13/h3-10H,1-2H3,(H,21,23,25). The van der Waals surface area contributed by atoms with E-state index in [4.69, 9.17) is 11.6 Å². The second kappa shape index (κ2) is 6.53. The van der Waals surface area contributed by atoms with E-state index < -0.39 is 17.8 Å². The molecule has 0 atom stereocenters. The zero-order valence-electron chi connectivity index (χ0n) is 13.7. The van der Waals surface area contributed by atoms with Crippen LogP contribution in [0.25, 0.3) is 6.08 Å². The number of barbiturate groups is 1. The molecule has 0 bridgehead atoms. The largest absolute Gasteiger partial charge is 0.335 e. The van der Waals surface area contributed by atoms with Crippen molar-refractivity contribution >= 4 is 41.2 Å². The van der Waals surface area contributed by atoms with Crippen LogP contribution in [0.15, 0.2) is 48.0 Å². The van der Waals surface area contributed by atoms with Crippen LogP contribution in [0.2, 0.25) is 5.02 Å². The van der Waals surface area contributed by atoms with Crippen molar-refractivity contribution in [3.63, 3.8) is 0 Å². The van der Waals surface area contributed by atoms with Gasteiger partial charge in [-0.2, -0.15) is 0 Å². The van der Waals surface area contributed by atoms with Gasteiger partial charge in [-0.1, -0.05) is 29.8 Å². The van der Waals surface area contributed by atoms with Crippen LogP contribution in [-0.2, 0) is 9.59 Å². The summed E-state index contributed by atoms with van der Waals surface area (Å²) in [5.74, 6) is -1.38. The Labute approximate surface area is 149 Å². The van der Waals surface area contributed by atoms with Gasteiger partial charge in [0.1, 0.15) is 5.57 Å². The Kier molecular flexibility index (Phi) is 4.42.